The molecule has 3 nitrogen and oxygen atoms in total. The molecule has 0 amide bonds. The van der Waals surface area contributed by atoms with Gasteiger partial charge in [0.15, 0.2) is 0 Å². The van der Waals surface area contributed by atoms with E-state index in [1.807, 2.05) is 31.8 Å². The van der Waals surface area contributed by atoms with Crippen LogP contribution in [0.4, 0.5) is 0 Å². The van der Waals surface area contributed by atoms with Gasteiger partial charge < -0.3 is 15.2 Å². The number of aryl methyl sites for hydroxylation is 1. The van der Waals surface area contributed by atoms with Gasteiger partial charge in [0.2, 0.25) is 0 Å². The zero-order valence-electron chi connectivity index (χ0n) is 12.7. The average Bonchev–Trinajstić information content (AvgIpc) is 2.46. The third-order valence-electron chi connectivity index (χ3n) is 4.13. The Hall–Kier alpha value is -0.710. The topological polar surface area (TPSA) is 41.5 Å². The van der Waals surface area contributed by atoms with E-state index in [1.165, 1.54) is 11.1 Å². The zero-order valence-corrected chi connectivity index (χ0v) is 13.5. The lowest BCUT2D eigenvalue weighted by Crippen LogP contribution is -2.34. The van der Waals surface area contributed by atoms with Gasteiger partial charge in [-0.15, -0.1) is 0 Å². The van der Waals surface area contributed by atoms with Crippen LogP contribution in [0, 0.1) is 0 Å². The SMILES string of the molecule is CNC1c2ccc(OC)cc2CCC1SC(C)C(C)O. The maximum atomic E-state index is 9.72. The highest BCUT2D eigenvalue weighted by Gasteiger charge is 2.31. The molecule has 2 N–H and O–H groups in total. The Bertz CT molecular complexity index is 450. The van der Waals surface area contributed by atoms with Crippen LogP contribution in [-0.2, 0) is 6.42 Å². The quantitative estimate of drug-likeness (QED) is 0.876. The summed E-state index contributed by atoms with van der Waals surface area (Å²) in [7, 11) is 3.73. The van der Waals surface area contributed by atoms with Gasteiger partial charge in [-0.05, 0) is 50.1 Å². The molecule has 0 bridgehead atoms. The Morgan fingerprint density at radius 1 is 1.40 bits per heavy atom. The highest BCUT2D eigenvalue weighted by atomic mass is 32.2. The highest BCUT2D eigenvalue weighted by molar-refractivity contribution is 8.00. The lowest BCUT2D eigenvalue weighted by Gasteiger charge is -2.35. The van der Waals surface area contributed by atoms with Gasteiger partial charge in [-0.3, -0.25) is 0 Å². The molecule has 0 heterocycles. The summed E-state index contributed by atoms with van der Waals surface area (Å²) in [5, 5.41) is 13.9. The van der Waals surface area contributed by atoms with Gasteiger partial charge in [0.25, 0.3) is 0 Å². The molecule has 0 fully saturated rings. The van der Waals surface area contributed by atoms with Crippen molar-refractivity contribution < 1.29 is 9.84 Å². The molecule has 112 valence electrons. The van der Waals surface area contributed by atoms with Gasteiger partial charge in [0.1, 0.15) is 5.75 Å². The molecule has 1 aromatic rings. The Morgan fingerprint density at radius 2 is 2.15 bits per heavy atom. The van der Waals surface area contributed by atoms with E-state index in [-0.39, 0.29) is 11.4 Å². The number of hydrogen-bond donors (Lipinski definition) is 2. The number of thioether (sulfide) groups is 1. The number of aliphatic hydroxyl groups is 1. The van der Waals surface area contributed by atoms with Crippen LogP contribution in [0.15, 0.2) is 18.2 Å². The third-order valence-corrected chi connectivity index (χ3v) is 5.82. The first-order valence-corrected chi connectivity index (χ1v) is 8.18. The average molecular weight is 295 g/mol. The molecule has 0 aromatic heterocycles. The molecule has 1 aliphatic rings. The molecule has 0 radical (unpaired) electrons. The standard InChI is InChI=1S/C16H25NO2S/c1-10(18)11(2)20-15-8-5-12-9-13(19-4)6-7-14(12)16(15)17-3/h6-7,9-11,15-18H,5,8H2,1-4H3. The fraction of sp³-hybridized carbons (Fsp3) is 0.625. The smallest absolute Gasteiger partial charge is 0.119 e. The fourth-order valence-corrected chi connectivity index (χ4v) is 4.24. The normalized spacial score (nSPS) is 24.9. The molecule has 0 saturated carbocycles. The minimum atomic E-state index is -0.269. The van der Waals surface area contributed by atoms with Crippen LogP contribution in [0.2, 0.25) is 0 Å². The number of ether oxygens (including phenoxy) is 1. The summed E-state index contributed by atoms with van der Waals surface area (Å²) >= 11 is 1.89. The first-order chi connectivity index (χ1) is 9.56. The second-order valence-electron chi connectivity index (χ2n) is 5.49. The number of methoxy groups -OCH3 is 1. The van der Waals surface area contributed by atoms with Gasteiger partial charge >= 0.3 is 0 Å². The summed E-state index contributed by atoms with van der Waals surface area (Å²) < 4.78 is 5.31. The molecule has 2 rings (SSSR count). The van der Waals surface area contributed by atoms with E-state index in [1.54, 1.807) is 7.11 Å². The molecule has 4 unspecified atom stereocenters. The molecule has 4 heteroatoms. The minimum Gasteiger partial charge on any atom is -0.497 e. The van der Waals surface area contributed by atoms with Crippen LogP contribution >= 0.6 is 11.8 Å². The van der Waals surface area contributed by atoms with E-state index in [0.29, 0.717) is 11.3 Å². The molecular weight excluding hydrogens is 270 g/mol. The molecule has 0 spiro atoms. The lowest BCUT2D eigenvalue weighted by atomic mass is 9.87. The van der Waals surface area contributed by atoms with Crippen molar-refractivity contribution in [3.63, 3.8) is 0 Å². The van der Waals surface area contributed by atoms with Crippen molar-refractivity contribution in [1.29, 1.82) is 0 Å². The van der Waals surface area contributed by atoms with E-state index in [9.17, 15) is 5.11 Å². The van der Waals surface area contributed by atoms with Crippen LogP contribution in [0.1, 0.15) is 37.4 Å². The number of fused-ring (bicyclic) bond motifs is 1. The number of aliphatic hydroxyl groups excluding tert-OH is 1. The maximum absolute atomic E-state index is 9.72. The van der Waals surface area contributed by atoms with Gasteiger partial charge in [-0.2, -0.15) is 11.8 Å². The van der Waals surface area contributed by atoms with Crippen molar-refractivity contribution in [3.05, 3.63) is 29.3 Å². The fourth-order valence-electron chi connectivity index (χ4n) is 2.77. The Kier molecular flexibility index (Phi) is 5.35. The molecule has 1 aliphatic carbocycles. The number of benzene rings is 1. The van der Waals surface area contributed by atoms with E-state index >= 15 is 0 Å². The molecule has 0 saturated heterocycles. The van der Waals surface area contributed by atoms with Crippen molar-refractivity contribution in [1.82, 2.24) is 5.32 Å². The molecule has 4 atom stereocenters. The molecule has 0 aliphatic heterocycles. The summed E-state index contributed by atoms with van der Waals surface area (Å²) in [4.78, 5) is 0. The van der Waals surface area contributed by atoms with E-state index in [4.69, 9.17) is 4.74 Å². The minimum absolute atomic E-state index is 0.260. The van der Waals surface area contributed by atoms with Gasteiger partial charge in [0, 0.05) is 16.5 Å². The van der Waals surface area contributed by atoms with Crippen molar-refractivity contribution in [3.8, 4) is 5.75 Å². The summed E-state index contributed by atoms with van der Waals surface area (Å²) in [6.07, 6.45) is 1.94. The summed E-state index contributed by atoms with van der Waals surface area (Å²) in [6.45, 7) is 3.97. The monoisotopic (exact) mass is 295 g/mol. The van der Waals surface area contributed by atoms with Crippen molar-refractivity contribution >= 4 is 11.8 Å². The Labute approximate surface area is 126 Å². The maximum Gasteiger partial charge on any atom is 0.119 e. The highest BCUT2D eigenvalue weighted by Crippen LogP contribution is 2.40. The van der Waals surface area contributed by atoms with Crippen molar-refractivity contribution in [2.24, 2.45) is 0 Å². The van der Waals surface area contributed by atoms with Crippen molar-refractivity contribution in [2.45, 2.75) is 49.3 Å². The first-order valence-electron chi connectivity index (χ1n) is 7.24. The van der Waals surface area contributed by atoms with Gasteiger partial charge in [-0.1, -0.05) is 13.0 Å². The van der Waals surface area contributed by atoms with Crippen LogP contribution in [0.3, 0.4) is 0 Å². The van der Waals surface area contributed by atoms with E-state index < -0.39 is 0 Å². The Balaban J connectivity index is 2.19. The predicted octanol–water partition coefficient (Wildman–Crippen LogP) is 2.77. The van der Waals surface area contributed by atoms with Crippen LogP contribution in [-0.4, -0.2) is 35.9 Å². The number of nitrogens with one attached hydrogen (secondary N) is 1. The van der Waals surface area contributed by atoms with Gasteiger partial charge in [-0.25, -0.2) is 0 Å². The van der Waals surface area contributed by atoms with E-state index in [2.05, 4.69) is 24.4 Å². The summed E-state index contributed by atoms with van der Waals surface area (Å²) in [6, 6.07) is 6.71. The molecule has 20 heavy (non-hydrogen) atoms. The predicted molar refractivity (Wildman–Crippen MR) is 85.6 cm³/mol. The third kappa shape index (κ3) is 3.30. The van der Waals surface area contributed by atoms with Crippen LogP contribution in [0.25, 0.3) is 0 Å². The number of hydrogen-bond acceptors (Lipinski definition) is 4. The second-order valence-corrected chi connectivity index (χ2v) is 7.11. The molecular formula is C16H25NO2S. The second kappa shape index (κ2) is 6.83. The van der Waals surface area contributed by atoms with Crippen LogP contribution in [0.5, 0.6) is 5.75 Å². The lowest BCUT2D eigenvalue weighted by molar-refractivity contribution is 0.196. The summed E-state index contributed by atoms with van der Waals surface area (Å²) in [5.74, 6) is 0.932. The molecule has 1 aromatic carbocycles. The zero-order chi connectivity index (χ0) is 14.7. The van der Waals surface area contributed by atoms with Crippen molar-refractivity contribution in [2.75, 3.05) is 14.2 Å². The summed E-state index contributed by atoms with van der Waals surface area (Å²) in [5.41, 5.74) is 2.75. The van der Waals surface area contributed by atoms with Crippen LogP contribution < -0.4 is 10.1 Å². The first kappa shape index (κ1) is 15.7. The van der Waals surface area contributed by atoms with E-state index in [0.717, 1.165) is 18.6 Å². The Morgan fingerprint density at radius 3 is 2.75 bits per heavy atom. The largest absolute Gasteiger partial charge is 0.497 e. The number of rotatable bonds is 5. The van der Waals surface area contributed by atoms with Gasteiger partial charge in [0.05, 0.1) is 13.2 Å².